The van der Waals surface area contributed by atoms with Crippen LogP contribution in [0.15, 0.2) is 18.5 Å². The van der Waals surface area contributed by atoms with Gasteiger partial charge < -0.3 is 10.2 Å². The van der Waals surface area contributed by atoms with Crippen LogP contribution in [0.3, 0.4) is 0 Å². The van der Waals surface area contributed by atoms with Crippen LogP contribution in [-0.4, -0.2) is 24.6 Å². The van der Waals surface area contributed by atoms with E-state index < -0.39 is 0 Å². The fourth-order valence-corrected chi connectivity index (χ4v) is 2.30. The zero-order valence-electron chi connectivity index (χ0n) is 9.53. The van der Waals surface area contributed by atoms with Gasteiger partial charge in [0.05, 0.1) is 11.9 Å². The Morgan fingerprint density at radius 1 is 1.60 bits per heavy atom. The molecule has 0 saturated carbocycles. The molecule has 3 heteroatoms. The van der Waals surface area contributed by atoms with E-state index in [4.69, 9.17) is 0 Å². The van der Waals surface area contributed by atoms with Gasteiger partial charge in [0.15, 0.2) is 0 Å². The molecule has 1 atom stereocenters. The van der Waals surface area contributed by atoms with E-state index in [1.54, 1.807) is 0 Å². The van der Waals surface area contributed by atoms with E-state index in [9.17, 15) is 0 Å². The molecule has 1 saturated heterocycles. The minimum absolute atomic E-state index is 0.657. The Morgan fingerprint density at radius 3 is 3.13 bits per heavy atom. The third kappa shape index (κ3) is 2.12. The standard InChI is InChI=1S/C12H19N3/c1-10-4-3-7-15(10)12-9-14-6-5-11(12)8-13-2/h5-6,9-10,13H,3-4,7-8H2,1-2H3. The Labute approximate surface area is 91.5 Å². The van der Waals surface area contributed by atoms with Gasteiger partial charge in [0.25, 0.3) is 0 Å². The maximum absolute atomic E-state index is 4.24. The van der Waals surface area contributed by atoms with Crippen LogP contribution in [0.1, 0.15) is 25.3 Å². The molecule has 0 bridgehead atoms. The van der Waals surface area contributed by atoms with Crippen molar-refractivity contribution in [2.45, 2.75) is 32.4 Å². The lowest BCUT2D eigenvalue weighted by Gasteiger charge is -2.25. The Hall–Kier alpha value is -1.09. The molecule has 1 aliphatic heterocycles. The first kappa shape index (κ1) is 10.4. The molecule has 2 rings (SSSR count). The van der Waals surface area contributed by atoms with Crippen molar-refractivity contribution in [1.82, 2.24) is 10.3 Å². The number of hydrogen-bond donors (Lipinski definition) is 1. The first-order chi connectivity index (χ1) is 7.33. The van der Waals surface area contributed by atoms with Crippen molar-refractivity contribution >= 4 is 5.69 Å². The van der Waals surface area contributed by atoms with Gasteiger partial charge in [-0.2, -0.15) is 0 Å². The Kier molecular flexibility index (Phi) is 3.21. The molecule has 2 heterocycles. The van der Waals surface area contributed by atoms with E-state index in [1.807, 2.05) is 19.4 Å². The summed E-state index contributed by atoms with van der Waals surface area (Å²) < 4.78 is 0. The first-order valence-electron chi connectivity index (χ1n) is 5.67. The molecule has 1 aliphatic rings. The van der Waals surface area contributed by atoms with Crippen LogP contribution in [0.25, 0.3) is 0 Å². The van der Waals surface area contributed by atoms with E-state index in [1.165, 1.54) is 30.6 Å². The number of anilines is 1. The zero-order valence-corrected chi connectivity index (χ0v) is 9.53. The summed E-state index contributed by atoms with van der Waals surface area (Å²) in [5.41, 5.74) is 2.65. The molecule has 1 fully saturated rings. The highest BCUT2D eigenvalue weighted by atomic mass is 15.2. The maximum Gasteiger partial charge on any atom is 0.0600 e. The smallest absolute Gasteiger partial charge is 0.0600 e. The van der Waals surface area contributed by atoms with Crippen LogP contribution in [0.5, 0.6) is 0 Å². The van der Waals surface area contributed by atoms with E-state index in [-0.39, 0.29) is 0 Å². The fraction of sp³-hybridized carbons (Fsp3) is 0.583. The van der Waals surface area contributed by atoms with Crippen LogP contribution in [0.2, 0.25) is 0 Å². The van der Waals surface area contributed by atoms with Crippen molar-refractivity contribution in [1.29, 1.82) is 0 Å². The van der Waals surface area contributed by atoms with E-state index in [0.29, 0.717) is 6.04 Å². The SMILES string of the molecule is CNCc1ccncc1N1CCCC1C. The van der Waals surface area contributed by atoms with Crippen LogP contribution in [0.4, 0.5) is 5.69 Å². The summed E-state index contributed by atoms with van der Waals surface area (Å²) in [6, 6.07) is 2.77. The second kappa shape index (κ2) is 4.62. The molecule has 1 unspecified atom stereocenters. The van der Waals surface area contributed by atoms with Gasteiger partial charge in [-0.25, -0.2) is 0 Å². The minimum atomic E-state index is 0.657. The normalized spacial score (nSPS) is 20.9. The third-order valence-corrected chi connectivity index (χ3v) is 3.12. The molecule has 0 spiro atoms. The van der Waals surface area contributed by atoms with Crippen molar-refractivity contribution in [3.8, 4) is 0 Å². The van der Waals surface area contributed by atoms with E-state index in [0.717, 1.165) is 6.54 Å². The number of hydrogen-bond acceptors (Lipinski definition) is 3. The quantitative estimate of drug-likeness (QED) is 0.815. The van der Waals surface area contributed by atoms with Crippen LogP contribution < -0.4 is 10.2 Å². The van der Waals surface area contributed by atoms with Crippen LogP contribution in [-0.2, 0) is 6.54 Å². The minimum Gasteiger partial charge on any atom is -0.367 e. The summed E-state index contributed by atoms with van der Waals surface area (Å²) in [6.45, 7) is 4.38. The average Bonchev–Trinajstić information content (AvgIpc) is 2.66. The molecular weight excluding hydrogens is 186 g/mol. The second-order valence-electron chi connectivity index (χ2n) is 4.22. The largest absolute Gasteiger partial charge is 0.367 e. The summed E-state index contributed by atoms with van der Waals surface area (Å²) in [6.07, 6.45) is 6.47. The van der Waals surface area contributed by atoms with Gasteiger partial charge in [0.1, 0.15) is 0 Å². The summed E-state index contributed by atoms with van der Waals surface area (Å²) in [5, 5.41) is 3.21. The fourth-order valence-electron chi connectivity index (χ4n) is 2.30. The predicted octanol–water partition coefficient (Wildman–Crippen LogP) is 1.79. The average molecular weight is 205 g/mol. The Balaban J connectivity index is 2.25. The lowest BCUT2D eigenvalue weighted by molar-refractivity contribution is 0.724. The van der Waals surface area contributed by atoms with Crippen molar-refractivity contribution in [3.63, 3.8) is 0 Å². The highest BCUT2D eigenvalue weighted by Gasteiger charge is 2.22. The van der Waals surface area contributed by atoms with E-state index >= 15 is 0 Å². The molecule has 3 nitrogen and oxygen atoms in total. The van der Waals surface area contributed by atoms with Gasteiger partial charge in [0.2, 0.25) is 0 Å². The van der Waals surface area contributed by atoms with Crippen molar-refractivity contribution < 1.29 is 0 Å². The summed E-state index contributed by atoms with van der Waals surface area (Å²) in [5.74, 6) is 0. The molecule has 0 aromatic carbocycles. The van der Waals surface area contributed by atoms with Crippen LogP contribution >= 0.6 is 0 Å². The molecule has 0 amide bonds. The summed E-state index contributed by atoms with van der Waals surface area (Å²) in [7, 11) is 1.98. The number of rotatable bonds is 3. The monoisotopic (exact) mass is 205 g/mol. The van der Waals surface area contributed by atoms with Gasteiger partial charge in [-0.05, 0) is 38.4 Å². The highest BCUT2D eigenvalue weighted by molar-refractivity contribution is 5.53. The first-order valence-corrected chi connectivity index (χ1v) is 5.67. The summed E-state index contributed by atoms with van der Waals surface area (Å²) >= 11 is 0. The van der Waals surface area contributed by atoms with Gasteiger partial charge in [-0.15, -0.1) is 0 Å². The topological polar surface area (TPSA) is 28.2 Å². The van der Waals surface area contributed by atoms with Gasteiger partial charge in [0, 0.05) is 25.3 Å². The molecule has 15 heavy (non-hydrogen) atoms. The lowest BCUT2D eigenvalue weighted by Crippen LogP contribution is -2.28. The van der Waals surface area contributed by atoms with Gasteiger partial charge in [-0.3, -0.25) is 4.98 Å². The number of aromatic nitrogens is 1. The molecular formula is C12H19N3. The molecule has 0 aliphatic carbocycles. The molecule has 1 aromatic rings. The van der Waals surface area contributed by atoms with E-state index in [2.05, 4.69) is 28.2 Å². The van der Waals surface area contributed by atoms with Crippen molar-refractivity contribution in [3.05, 3.63) is 24.0 Å². The number of pyridine rings is 1. The van der Waals surface area contributed by atoms with Crippen LogP contribution in [0, 0.1) is 0 Å². The van der Waals surface area contributed by atoms with Gasteiger partial charge in [-0.1, -0.05) is 0 Å². The van der Waals surface area contributed by atoms with Crippen molar-refractivity contribution in [2.75, 3.05) is 18.5 Å². The second-order valence-corrected chi connectivity index (χ2v) is 4.22. The third-order valence-electron chi connectivity index (χ3n) is 3.12. The number of nitrogens with one attached hydrogen (secondary N) is 1. The maximum atomic E-state index is 4.24. The molecule has 0 radical (unpaired) electrons. The number of nitrogens with zero attached hydrogens (tertiary/aromatic N) is 2. The predicted molar refractivity (Wildman–Crippen MR) is 63.0 cm³/mol. The highest BCUT2D eigenvalue weighted by Crippen LogP contribution is 2.27. The Morgan fingerprint density at radius 2 is 2.47 bits per heavy atom. The summed E-state index contributed by atoms with van der Waals surface area (Å²) in [4.78, 5) is 6.71. The van der Waals surface area contributed by atoms with Gasteiger partial charge >= 0.3 is 0 Å². The molecule has 1 N–H and O–H groups in total. The molecule has 1 aromatic heterocycles. The Bertz CT molecular complexity index is 324. The van der Waals surface area contributed by atoms with Crippen molar-refractivity contribution in [2.24, 2.45) is 0 Å². The lowest BCUT2D eigenvalue weighted by atomic mass is 10.2. The molecule has 82 valence electrons. The zero-order chi connectivity index (χ0) is 10.7.